The Morgan fingerprint density at radius 1 is 1.13 bits per heavy atom. The van der Waals surface area contributed by atoms with Gasteiger partial charge in [-0.2, -0.15) is 0 Å². The summed E-state index contributed by atoms with van der Waals surface area (Å²) in [5.41, 5.74) is 0.421. The second-order valence-corrected chi connectivity index (χ2v) is 9.59. The van der Waals surface area contributed by atoms with Crippen molar-refractivity contribution in [1.29, 1.82) is 0 Å². The number of fused-ring (bicyclic) bond motifs is 4. The number of rotatable bonds is 2. The number of aryl methyl sites for hydroxylation is 1. The first-order valence-corrected chi connectivity index (χ1v) is 11.3. The van der Waals surface area contributed by atoms with Crippen molar-refractivity contribution in [3.8, 4) is 0 Å². The first kappa shape index (κ1) is 18.9. The van der Waals surface area contributed by atoms with Crippen molar-refractivity contribution in [3.05, 3.63) is 57.4 Å². The maximum atomic E-state index is 13.6. The molecule has 0 amide bonds. The first-order valence-electron chi connectivity index (χ1n) is 9.85. The lowest BCUT2D eigenvalue weighted by Gasteiger charge is -2.46. The van der Waals surface area contributed by atoms with Crippen LogP contribution in [0.1, 0.15) is 19.3 Å². The summed E-state index contributed by atoms with van der Waals surface area (Å²) in [6.07, 6.45) is 4.30. The first-order chi connectivity index (χ1) is 14.4. The van der Waals surface area contributed by atoms with Gasteiger partial charge in [0.2, 0.25) is 0 Å². The molecular formula is C20H21N5O4S. The van der Waals surface area contributed by atoms with E-state index in [4.69, 9.17) is 0 Å². The average Bonchev–Trinajstić information content (AvgIpc) is 2.76. The van der Waals surface area contributed by atoms with E-state index in [1.165, 1.54) is 28.2 Å². The number of hydrogen-bond donors (Lipinski definition) is 1. The molecule has 4 heterocycles. The van der Waals surface area contributed by atoms with E-state index in [9.17, 15) is 18.0 Å². The van der Waals surface area contributed by atoms with Crippen molar-refractivity contribution in [1.82, 2.24) is 14.5 Å². The van der Waals surface area contributed by atoms with E-state index in [0.29, 0.717) is 12.2 Å². The Morgan fingerprint density at radius 2 is 1.90 bits per heavy atom. The van der Waals surface area contributed by atoms with Crippen LogP contribution in [-0.4, -0.2) is 42.1 Å². The van der Waals surface area contributed by atoms with Crippen LogP contribution in [-0.2, 0) is 17.1 Å². The van der Waals surface area contributed by atoms with Gasteiger partial charge in [-0.1, -0.05) is 12.1 Å². The average molecular weight is 427 g/mol. The third-order valence-electron chi connectivity index (χ3n) is 5.98. The molecule has 0 radical (unpaired) electrons. The Labute approximate surface area is 172 Å². The molecule has 1 aromatic carbocycles. The van der Waals surface area contributed by atoms with Gasteiger partial charge in [0, 0.05) is 25.8 Å². The molecule has 1 atom stereocenters. The van der Waals surface area contributed by atoms with Gasteiger partial charge in [0.1, 0.15) is 10.5 Å². The zero-order valence-corrected chi connectivity index (χ0v) is 17.2. The fourth-order valence-corrected chi connectivity index (χ4v) is 5.92. The van der Waals surface area contributed by atoms with Gasteiger partial charge in [-0.25, -0.2) is 18.2 Å². The number of H-pyrrole nitrogens is 1. The number of aromatic nitrogens is 3. The van der Waals surface area contributed by atoms with E-state index in [0.717, 1.165) is 31.5 Å². The Kier molecular flexibility index (Phi) is 4.21. The third-order valence-corrected chi connectivity index (χ3v) is 7.73. The third kappa shape index (κ3) is 2.74. The number of para-hydroxylation sites is 2. The minimum absolute atomic E-state index is 0.0581. The number of aromatic amines is 1. The normalized spacial score (nSPS) is 18.9. The lowest BCUT2D eigenvalue weighted by Crippen LogP contribution is -2.52. The molecule has 0 aliphatic carbocycles. The quantitative estimate of drug-likeness (QED) is 0.658. The number of pyridine rings is 1. The van der Waals surface area contributed by atoms with Gasteiger partial charge in [-0.05, 0) is 37.5 Å². The Bertz CT molecular complexity index is 1380. The van der Waals surface area contributed by atoms with E-state index < -0.39 is 21.3 Å². The second-order valence-electron chi connectivity index (χ2n) is 7.73. The molecule has 2 aliphatic rings. The molecule has 5 rings (SSSR count). The number of nitrogens with one attached hydrogen (secondary N) is 1. The van der Waals surface area contributed by atoms with Gasteiger partial charge >= 0.3 is 5.69 Å². The fourth-order valence-electron chi connectivity index (χ4n) is 4.43. The molecule has 0 bridgehead atoms. The molecule has 10 heteroatoms. The number of sulfonamides is 1. The van der Waals surface area contributed by atoms with Gasteiger partial charge in [0.25, 0.3) is 15.6 Å². The molecule has 1 N–H and O–H groups in total. The van der Waals surface area contributed by atoms with Gasteiger partial charge in [0.05, 0.1) is 23.3 Å². The van der Waals surface area contributed by atoms with Crippen LogP contribution in [0.2, 0.25) is 0 Å². The SMILES string of the molecule is Cn1c(=O)[nH]c(=O)c2cc(S(=O)(=O)N3CC4CCCCN4c4ccccc43)cnc21. The summed E-state index contributed by atoms with van der Waals surface area (Å²) in [6.45, 7) is 1.26. The standard InChI is InChI=1S/C20H21N5O4S/c1-23-18-15(19(26)22-20(23)27)10-14(11-21-18)30(28,29)25-12-13-6-4-5-9-24(13)16-7-2-3-8-17(16)25/h2-3,7-8,10-11,13H,4-6,9,12H2,1H3,(H,22,26,27). The van der Waals surface area contributed by atoms with Crippen molar-refractivity contribution in [2.24, 2.45) is 7.05 Å². The molecule has 0 spiro atoms. The van der Waals surface area contributed by atoms with E-state index >= 15 is 0 Å². The molecule has 30 heavy (non-hydrogen) atoms. The van der Waals surface area contributed by atoms with E-state index in [-0.39, 0.29) is 22.0 Å². The van der Waals surface area contributed by atoms with Crippen molar-refractivity contribution >= 4 is 32.4 Å². The van der Waals surface area contributed by atoms with Crippen LogP contribution in [0.5, 0.6) is 0 Å². The van der Waals surface area contributed by atoms with Gasteiger partial charge in [0.15, 0.2) is 0 Å². The highest BCUT2D eigenvalue weighted by Gasteiger charge is 2.38. The summed E-state index contributed by atoms with van der Waals surface area (Å²) >= 11 is 0. The van der Waals surface area contributed by atoms with Crippen LogP contribution in [0.4, 0.5) is 11.4 Å². The number of anilines is 2. The van der Waals surface area contributed by atoms with E-state index in [1.807, 2.05) is 24.3 Å². The maximum absolute atomic E-state index is 13.6. The summed E-state index contributed by atoms with van der Waals surface area (Å²) in [6, 6.07) is 8.91. The van der Waals surface area contributed by atoms with Gasteiger partial charge < -0.3 is 4.90 Å². The highest BCUT2D eigenvalue weighted by molar-refractivity contribution is 7.92. The Balaban J connectivity index is 1.66. The zero-order chi connectivity index (χ0) is 21.0. The molecule has 2 aromatic heterocycles. The maximum Gasteiger partial charge on any atom is 0.329 e. The zero-order valence-electron chi connectivity index (χ0n) is 16.4. The Hall–Kier alpha value is -3.14. The number of benzene rings is 1. The van der Waals surface area contributed by atoms with Crippen LogP contribution >= 0.6 is 0 Å². The number of nitrogens with zero attached hydrogens (tertiary/aromatic N) is 4. The van der Waals surface area contributed by atoms with Gasteiger partial charge in [-0.3, -0.25) is 18.7 Å². The fraction of sp³-hybridized carbons (Fsp3) is 0.350. The van der Waals surface area contributed by atoms with Crippen LogP contribution in [0, 0.1) is 0 Å². The highest BCUT2D eigenvalue weighted by atomic mass is 32.2. The lowest BCUT2D eigenvalue weighted by molar-refractivity contribution is 0.454. The predicted molar refractivity (Wildman–Crippen MR) is 114 cm³/mol. The smallest absolute Gasteiger partial charge is 0.329 e. The predicted octanol–water partition coefficient (Wildman–Crippen LogP) is 1.19. The largest absolute Gasteiger partial charge is 0.365 e. The second kappa shape index (κ2) is 6.69. The summed E-state index contributed by atoms with van der Waals surface area (Å²) in [7, 11) is -2.48. The van der Waals surface area contributed by atoms with Crippen molar-refractivity contribution < 1.29 is 8.42 Å². The van der Waals surface area contributed by atoms with E-state index in [2.05, 4.69) is 14.9 Å². The van der Waals surface area contributed by atoms with Crippen LogP contribution in [0.15, 0.2) is 51.0 Å². The molecule has 9 nitrogen and oxygen atoms in total. The molecule has 0 saturated carbocycles. The topological polar surface area (TPSA) is 108 Å². The minimum atomic E-state index is -3.95. The molecular weight excluding hydrogens is 406 g/mol. The molecule has 3 aromatic rings. The molecule has 1 saturated heterocycles. The number of hydrogen-bond acceptors (Lipinski definition) is 6. The van der Waals surface area contributed by atoms with Crippen molar-refractivity contribution in [3.63, 3.8) is 0 Å². The Morgan fingerprint density at radius 3 is 2.70 bits per heavy atom. The monoisotopic (exact) mass is 427 g/mol. The molecule has 2 aliphatic heterocycles. The van der Waals surface area contributed by atoms with E-state index in [1.54, 1.807) is 0 Å². The van der Waals surface area contributed by atoms with Crippen molar-refractivity contribution in [2.75, 3.05) is 22.3 Å². The number of piperidine rings is 1. The van der Waals surface area contributed by atoms with Gasteiger partial charge in [-0.15, -0.1) is 0 Å². The lowest BCUT2D eigenvalue weighted by atomic mass is 9.98. The van der Waals surface area contributed by atoms with Crippen LogP contribution in [0.25, 0.3) is 11.0 Å². The van der Waals surface area contributed by atoms with Crippen molar-refractivity contribution in [2.45, 2.75) is 30.2 Å². The molecule has 1 unspecified atom stereocenters. The minimum Gasteiger partial charge on any atom is -0.365 e. The summed E-state index contributed by atoms with van der Waals surface area (Å²) < 4.78 is 29.8. The molecule has 156 valence electrons. The highest BCUT2D eigenvalue weighted by Crippen LogP contribution is 2.41. The van der Waals surface area contributed by atoms with Crippen LogP contribution < -0.4 is 20.5 Å². The summed E-state index contributed by atoms with van der Waals surface area (Å²) in [4.78, 5) is 32.6. The summed E-state index contributed by atoms with van der Waals surface area (Å²) in [5, 5.41) is 0.0581. The summed E-state index contributed by atoms with van der Waals surface area (Å²) in [5.74, 6) is 0. The van der Waals surface area contributed by atoms with Crippen LogP contribution in [0.3, 0.4) is 0 Å². The molecule has 1 fully saturated rings.